The Labute approximate surface area is 132 Å². The van der Waals surface area contributed by atoms with Gasteiger partial charge in [-0.15, -0.1) is 0 Å². The number of aromatic nitrogens is 1. The van der Waals surface area contributed by atoms with Gasteiger partial charge in [-0.05, 0) is 0 Å². The third-order valence-corrected chi connectivity index (χ3v) is 8.46. The van der Waals surface area contributed by atoms with Gasteiger partial charge in [0, 0.05) is 0 Å². The Hall–Kier alpha value is -1.09. The minimum absolute atomic E-state index is 0.568. The van der Waals surface area contributed by atoms with E-state index in [-0.39, 0.29) is 0 Å². The van der Waals surface area contributed by atoms with Crippen LogP contribution in [-0.4, -0.2) is 13.3 Å². The van der Waals surface area contributed by atoms with Crippen LogP contribution >= 0.6 is 0 Å². The zero-order valence-corrected chi connectivity index (χ0v) is 16.6. The quantitative estimate of drug-likeness (QED) is 0.582. The van der Waals surface area contributed by atoms with E-state index in [0.717, 1.165) is 0 Å². The summed E-state index contributed by atoms with van der Waals surface area (Å²) in [6.45, 7) is 6.71. The van der Waals surface area contributed by atoms with E-state index in [0.29, 0.717) is 5.92 Å². The number of nitrogens with zero attached hydrogens (tertiary/aromatic N) is 1. The predicted octanol–water partition coefficient (Wildman–Crippen LogP) is 4.16. The first-order chi connectivity index (χ1) is 9.70. The molecular formula is C19H28GeN+. The molecule has 0 radical (unpaired) electrons. The van der Waals surface area contributed by atoms with Crippen molar-refractivity contribution in [2.75, 3.05) is 0 Å². The molecule has 0 spiro atoms. The number of hydrogen-bond donors (Lipinski definition) is 0. The molecule has 0 bridgehead atoms. The first-order valence-corrected chi connectivity index (χ1v) is 15.2. The first kappa shape index (κ1) is 16.3. The topological polar surface area (TPSA) is 3.88 Å². The van der Waals surface area contributed by atoms with Crippen molar-refractivity contribution in [1.82, 2.24) is 0 Å². The van der Waals surface area contributed by atoms with Crippen LogP contribution in [0.2, 0.25) is 17.3 Å². The van der Waals surface area contributed by atoms with E-state index < -0.39 is 13.3 Å². The molecule has 0 saturated carbocycles. The van der Waals surface area contributed by atoms with Gasteiger partial charge in [0.15, 0.2) is 0 Å². The zero-order valence-electron chi connectivity index (χ0n) is 14.5. The van der Waals surface area contributed by atoms with Crippen molar-refractivity contribution >= 4 is 17.7 Å². The molecule has 0 unspecified atom stereocenters. The normalized spacial score (nSPS) is 12.0. The summed E-state index contributed by atoms with van der Waals surface area (Å²) in [5.74, 6) is 7.90. The summed E-state index contributed by atoms with van der Waals surface area (Å²) in [6.07, 6.45) is 2.34. The van der Waals surface area contributed by atoms with Gasteiger partial charge in [-0.2, -0.15) is 0 Å². The van der Waals surface area contributed by atoms with Gasteiger partial charge in [-0.3, -0.25) is 0 Å². The Kier molecular flexibility index (Phi) is 4.62. The molecule has 0 atom stereocenters. The van der Waals surface area contributed by atoms with Crippen LogP contribution in [0.4, 0.5) is 0 Å². The van der Waals surface area contributed by atoms with Gasteiger partial charge in [0.2, 0.25) is 0 Å². The van der Waals surface area contributed by atoms with E-state index in [4.69, 9.17) is 0 Å². The molecule has 1 aromatic carbocycles. The first-order valence-electron chi connectivity index (χ1n) is 7.81. The Balaban J connectivity index is 2.55. The van der Waals surface area contributed by atoms with E-state index in [9.17, 15) is 0 Å². The predicted molar refractivity (Wildman–Crippen MR) is 94.9 cm³/mol. The Morgan fingerprint density at radius 2 is 1.67 bits per heavy atom. The van der Waals surface area contributed by atoms with Crippen LogP contribution in [0.15, 0.2) is 36.5 Å². The fraction of sp³-hybridized carbons (Fsp3) is 0.421. The molecule has 2 heteroatoms. The summed E-state index contributed by atoms with van der Waals surface area (Å²) >= 11 is -1.75. The summed E-state index contributed by atoms with van der Waals surface area (Å²) < 4.78 is 3.86. The number of hydrogen-bond acceptors (Lipinski definition) is 0. The van der Waals surface area contributed by atoms with Crippen LogP contribution < -0.4 is 8.96 Å². The van der Waals surface area contributed by atoms with E-state index >= 15 is 0 Å². The molecule has 1 heterocycles. The standard InChI is InChI=1S/C19H28GeN/c1-14(2)16-9-8-15(3)18(12-16)19-11-10-17(13-21(19)7)20(4,5)6/h8-14H,1-7H3/q+1. The molecule has 0 N–H and O–H groups in total. The second-order valence-electron chi connectivity index (χ2n) is 7.39. The maximum atomic E-state index is 2.44. The summed E-state index contributed by atoms with van der Waals surface area (Å²) in [5, 5.41) is 0. The summed E-state index contributed by atoms with van der Waals surface area (Å²) in [5.41, 5.74) is 5.43. The van der Waals surface area contributed by atoms with Gasteiger partial charge in [0.1, 0.15) is 0 Å². The van der Waals surface area contributed by atoms with Crippen molar-refractivity contribution in [1.29, 1.82) is 0 Å². The van der Waals surface area contributed by atoms with Crippen molar-refractivity contribution in [2.24, 2.45) is 7.05 Å². The van der Waals surface area contributed by atoms with E-state index in [1.54, 1.807) is 4.40 Å². The average molecular weight is 343 g/mol. The molecular weight excluding hydrogens is 315 g/mol. The Morgan fingerprint density at radius 3 is 2.19 bits per heavy atom. The Morgan fingerprint density at radius 1 is 1.00 bits per heavy atom. The van der Waals surface area contributed by atoms with Crippen LogP contribution in [-0.2, 0) is 7.05 Å². The molecule has 0 amide bonds. The summed E-state index contributed by atoms with van der Waals surface area (Å²) in [7, 11) is 2.17. The van der Waals surface area contributed by atoms with Crippen LogP contribution in [0.1, 0.15) is 30.9 Å². The van der Waals surface area contributed by atoms with Gasteiger partial charge >= 0.3 is 132 Å². The Bertz CT molecular complexity index is 651. The maximum absolute atomic E-state index is 2.44. The molecule has 21 heavy (non-hydrogen) atoms. The SMILES string of the molecule is Cc1ccc(C(C)C)cc1-c1cc[c]([Ge]([CH3])([CH3])[CH3])c[n+]1C. The van der Waals surface area contributed by atoms with Crippen LogP contribution in [0.3, 0.4) is 0 Å². The number of rotatable bonds is 3. The monoisotopic (exact) mass is 344 g/mol. The molecule has 0 fully saturated rings. The summed E-state index contributed by atoms with van der Waals surface area (Å²) in [6, 6.07) is 11.5. The van der Waals surface area contributed by atoms with E-state index in [1.165, 1.54) is 22.4 Å². The third kappa shape index (κ3) is 3.57. The van der Waals surface area contributed by atoms with Crippen molar-refractivity contribution < 1.29 is 4.57 Å². The van der Waals surface area contributed by atoms with Gasteiger partial charge in [0.25, 0.3) is 0 Å². The van der Waals surface area contributed by atoms with Gasteiger partial charge in [-0.1, -0.05) is 0 Å². The molecule has 0 aliphatic carbocycles. The number of pyridine rings is 1. The number of aryl methyl sites for hydroxylation is 2. The molecule has 2 rings (SSSR count). The van der Waals surface area contributed by atoms with Crippen molar-refractivity contribution in [2.45, 2.75) is 44.0 Å². The minimum atomic E-state index is -1.75. The van der Waals surface area contributed by atoms with Crippen LogP contribution in [0, 0.1) is 6.92 Å². The second-order valence-corrected chi connectivity index (χ2v) is 18.0. The fourth-order valence-corrected chi connectivity index (χ4v) is 5.05. The number of benzene rings is 1. The molecule has 0 aliphatic heterocycles. The van der Waals surface area contributed by atoms with E-state index in [1.807, 2.05) is 0 Å². The van der Waals surface area contributed by atoms with Gasteiger partial charge in [-0.25, -0.2) is 0 Å². The van der Waals surface area contributed by atoms with Crippen molar-refractivity contribution in [3.63, 3.8) is 0 Å². The van der Waals surface area contributed by atoms with Crippen molar-refractivity contribution in [3.8, 4) is 11.3 Å². The molecule has 0 aliphatic rings. The van der Waals surface area contributed by atoms with Crippen molar-refractivity contribution in [3.05, 3.63) is 47.7 Å². The van der Waals surface area contributed by atoms with Crippen LogP contribution in [0.5, 0.6) is 0 Å². The van der Waals surface area contributed by atoms with Crippen LogP contribution in [0.25, 0.3) is 11.3 Å². The molecule has 1 aromatic heterocycles. The summed E-state index contributed by atoms with van der Waals surface area (Å²) in [4.78, 5) is 0. The fourth-order valence-electron chi connectivity index (χ4n) is 2.61. The average Bonchev–Trinajstić information content (AvgIpc) is 2.38. The second kappa shape index (κ2) is 5.96. The molecule has 2 aromatic rings. The third-order valence-electron chi connectivity index (χ3n) is 4.20. The van der Waals surface area contributed by atoms with Gasteiger partial charge in [0.05, 0.1) is 0 Å². The molecule has 112 valence electrons. The molecule has 0 saturated heterocycles. The van der Waals surface area contributed by atoms with Gasteiger partial charge < -0.3 is 0 Å². The van der Waals surface area contributed by atoms with E-state index in [2.05, 4.69) is 86.2 Å². The molecule has 1 nitrogen and oxygen atoms in total. The zero-order chi connectivity index (χ0) is 15.8.